The SMILES string of the molecule is CN(C)[C@@H]1C(O)=C(C(N)=O)C(=O)[C@@]2(O)C(O)=C3C(=O)c4c(cc5ccc(CN6CCCC6)cc5c4O)C[C@H]3C[C@@H]12. The minimum atomic E-state index is -2.64. The zero-order valence-electron chi connectivity index (χ0n) is 22.5. The quantitative estimate of drug-likeness (QED) is 0.359. The van der Waals surface area contributed by atoms with Gasteiger partial charge in [0, 0.05) is 23.4 Å². The van der Waals surface area contributed by atoms with Crippen LogP contribution in [0.1, 0.15) is 40.7 Å². The van der Waals surface area contributed by atoms with Crippen molar-refractivity contribution in [2.75, 3.05) is 27.2 Å². The number of hydrogen-bond acceptors (Lipinski definition) is 9. The number of Topliss-reactive ketones (excluding diaryl/α,β-unsaturated/α-hetero) is 2. The topological polar surface area (TPSA) is 165 Å². The van der Waals surface area contributed by atoms with Gasteiger partial charge in [-0.1, -0.05) is 18.2 Å². The number of nitrogens with zero attached hydrogens (tertiary/aromatic N) is 2. The summed E-state index contributed by atoms with van der Waals surface area (Å²) in [5.41, 5.74) is 3.44. The van der Waals surface area contributed by atoms with Gasteiger partial charge in [0.2, 0.25) is 5.78 Å². The Bertz CT molecular complexity index is 1550. The Morgan fingerprint density at radius 2 is 1.82 bits per heavy atom. The van der Waals surface area contributed by atoms with Gasteiger partial charge in [0.15, 0.2) is 11.4 Å². The zero-order chi connectivity index (χ0) is 28.7. The number of rotatable bonds is 4. The number of likely N-dealkylation sites (N-methyl/N-ethyl adjacent to an activating group) is 1. The number of phenolic OH excluding ortho intramolecular Hbond substituents is 1. The molecule has 0 unspecified atom stereocenters. The van der Waals surface area contributed by atoms with E-state index in [9.17, 15) is 34.8 Å². The number of carbonyl (C=O) groups excluding carboxylic acids is 3. The summed E-state index contributed by atoms with van der Waals surface area (Å²) in [5.74, 6) is -6.41. The lowest BCUT2D eigenvalue weighted by atomic mass is 9.58. The number of ketones is 2. The minimum absolute atomic E-state index is 0.0339. The number of phenols is 1. The molecule has 1 aliphatic heterocycles. The number of allylic oxidation sites excluding steroid dienone is 1. The molecule has 1 amide bonds. The van der Waals surface area contributed by atoms with Crippen LogP contribution in [0.25, 0.3) is 10.8 Å². The molecular weight excluding hydrogens is 514 g/mol. The first-order chi connectivity index (χ1) is 18.9. The van der Waals surface area contributed by atoms with Gasteiger partial charge in [0.25, 0.3) is 5.91 Å². The van der Waals surface area contributed by atoms with E-state index in [1.807, 2.05) is 24.3 Å². The van der Waals surface area contributed by atoms with E-state index in [2.05, 4.69) is 4.90 Å². The fourth-order valence-corrected chi connectivity index (χ4v) is 7.36. The van der Waals surface area contributed by atoms with Crippen LogP contribution >= 0.6 is 0 Å². The molecule has 4 atom stereocenters. The van der Waals surface area contributed by atoms with Gasteiger partial charge >= 0.3 is 0 Å². The molecule has 0 aromatic heterocycles. The van der Waals surface area contributed by atoms with Crippen molar-refractivity contribution in [3.8, 4) is 5.75 Å². The highest BCUT2D eigenvalue weighted by atomic mass is 16.3. The molecule has 0 radical (unpaired) electrons. The summed E-state index contributed by atoms with van der Waals surface area (Å²) in [4.78, 5) is 43.4. The maximum absolute atomic E-state index is 13.9. The molecule has 0 bridgehead atoms. The Morgan fingerprint density at radius 1 is 1.12 bits per heavy atom. The fourth-order valence-electron chi connectivity index (χ4n) is 7.36. The number of carbonyl (C=O) groups is 3. The minimum Gasteiger partial charge on any atom is -0.510 e. The van der Waals surface area contributed by atoms with Crippen LogP contribution < -0.4 is 5.73 Å². The van der Waals surface area contributed by atoms with Crippen LogP contribution in [0.15, 0.2) is 46.9 Å². The first-order valence-corrected chi connectivity index (χ1v) is 13.6. The van der Waals surface area contributed by atoms with Crippen molar-refractivity contribution in [1.82, 2.24) is 9.80 Å². The van der Waals surface area contributed by atoms with Crippen LogP contribution in [-0.4, -0.2) is 86.5 Å². The average molecular weight is 548 g/mol. The van der Waals surface area contributed by atoms with E-state index in [0.717, 1.165) is 43.4 Å². The van der Waals surface area contributed by atoms with E-state index < -0.39 is 58.0 Å². The van der Waals surface area contributed by atoms with Crippen LogP contribution in [0.2, 0.25) is 0 Å². The second-order valence-corrected chi connectivity index (χ2v) is 11.8. The largest absolute Gasteiger partial charge is 0.510 e. The number of aliphatic hydroxyl groups excluding tert-OH is 2. The van der Waals surface area contributed by atoms with Gasteiger partial charge < -0.3 is 26.2 Å². The van der Waals surface area contributed by atoms with Crippen molar-refractivity contribution in [1.29, 1.82) is 0 Å². The normalized spacial score (nSPS) is 28.8. The Morgan fingerprint density at radius 3 is 2.48 bits per heavy atom. The molecule has 3 aliphatic carbocycles. The molecule has 210 valence electrons. The van der Waals surface area contributed by atoms with Gasteiger partial charge in [-0.15, -0.1) is 0 Å². The van der Waals surface area contributed by atoms with Gasteiger partial charge in [-0.2, -0.15) is 0 Å². The third kappa shape index (κ3) is 3.63. The van der Waals surface area contributed by atoms with Crippen LogP contribution in [0.4, 0.5) is 0 Å². The van der Waals surface area contributed by atoms with Crippen molar-refractivity contribution in [2.24, 2.45) is 17.6 Å². The summed E-state index contributed by atoms with van der Waals surface area (Å²) in [6.07, 6.45) is 2.65. The van der Waals surface area contributed by atoms with Gasteiger partial charge in [-0.25, -0.2) is 0 Å². The van der Waals surface area contributed by atoms with E-state index in [4.69, 9.17) is 5.73 Å². The Hall–Kier alpha value is -3.73. The molecule has 0 spiro atoms. The van der Waals surface area contributed by atoms with Crippen LogP contribution in [0, 0.1) is 11.8 Å². The standard InChI is InChI=1S/C30H33N3O7/c1-32(2)23-19-12-17-11-16-10-15-6-5-14(13-33-7-3-4-8-33)9-18(15)24(34)20(16)25(35)21(17)27(37)30(19,40)28(38)22(26(23)36)29(31)39/h5-6,9-10,17,19,23,34,36-37,40H,3-4,7-8,11-13H2,1-2H3,(H2,31,39)/t17-,19-,23-,30-/m0/s1. The van der Waals surface area contributed by atoms with Gasteiger partial charge in [-0.3, -0.25) is 24.2 Å². The van der Waals surface area contributed by atoms with Gasteiger partial charge in [-0.05, 0) is 81.4 Å². The number of benzene rings is 2. The Kier molecular flexibility index (Phi) is 6.06. The van der Waals surface area contributed by atoms with Crippen molar-refractivity contribution in [3.63, 3.8) is 0 Å². The lowest BCUT2D eigenvalue weighted by Crippen LogP contribution is -2.63. The number of primary amides is 1. The monoisotopic (exact) mass is 547 g/mol. The number of likely N-dealkylation sites (tertiary alicyclic amines) is 1. The second-order valence-electron chi connectivity index (χ2n) is 11.8. The highest BCUT2D eigenvalue weighted by molar-refractivity contribution is 6.25. The van der Waals surface area contributed by atoms with Crippen LogP contribution in [-0.2, 0) is 22.6 Å². The summed E-state index contributed by atoms with van der Waals surface area (Å²) in [6.45, 7) is 2.77. The number of hydrogen-bond donors (Lipinski definition) is 5. The first kappa shape index (κ1) is 26.5. The van der Waals surface area contributed by atoms with Crippen LogP contribution in [0.5, 0.6) is 5.75 Å². The summed E-state index contributed by atoms with van der Waals surface area (Å²) in [6, 6.07) is 6.69. The number of aliphatic hydroxyl groups is 3. The van der Waals surface area contributed by atoms with Crippen molar-refractivity contribution in [3.05, 3.63) is 63.6 Å². The lowest BCUT2D eigenvalue weighted by molar-refractivity contribution is -0.148. The second kappa shape index (κ2) is 9.15. The van der Waals surface area contributed by atoms with Crippen molar-refractivity contribution in [2.45, 2.75) is 43.9 Å². The first-order valence-electron chi connectivity index (χ1n) is 13.6. The number of amides is 1. The summed E-state index contributed by atoms with van der Waals surface area (Å²) in [7, 11) is 3.21. The molecule has 10 nitrogen and oxygen atoms in total. The predicted molar refractivity (Wildman–Crippen MR) is 146 cm³/mol. The molecule has 1 saturated heterocycles. The molecular formula is C30H33N3O7. The van der Waals surface area contributed by atoms with E-state index in [0.29, 0.717) is 10.9 Å². The van der Waals surface area contributed by atoms with Crippen LogP contribution in [0.3, 0.4) is 0 Å². The third-order valence-corrected chi connectivity index (χ3v) is 9.20. The van der Waals surface area contributed by atoms with Crippen molar-refractivity contribution >= 4 is 28.2 Å². The lowest BCUT2D eigenvalue weighted by Gasteiger charge is -2.50. The number of fused-ring (bicyclic) bond motifs is 4. The van der Waals surface area contributed by atoms with E-state index >= 15 is 0 Å². The van der Waals surface area contributed by atoms with E-state index in [1.54, 1.807) is 14.1 Å². The van der Waals surface area contributed by atoms with E-state index in [-0.39, 0.29) is 29.7 Å². The maximum atomic E-state index is 13.9. The number of aromatic hydroxyl groups is 1. The number of nitrogens with two attached hydrogens (primary N) is 1. The summed E-state index contributed by atoms with van der Waals surface area (Å²) >= 11 is 0. The average Bonchev–Trinajstić information content (AvgIpc) is 3.39. The molecule has 0 saturated carbocycles. The molecule has 1 heterocycles. The molecule has 40 heavy (non-hydrogen) atoms. The molecule has 10 heteroatoms. The zero-order valence-corrected chi connectivity index (χ0v) is 22.5. The van der Waals surface area contributed by atoms with Gasteiger partial charge in [0.1, 0.15) is 22.8 Å². The highest BCUT2D eigenvalue weighted by Gasteiger charge is 2.63. The fraction of sp³-hybridized carbons (Fsp3) is 0.433. The maximum Gasteiger partial charge on any atom is 0.255 e. The molecule has 6 rings (SSSR count). The smallest absolute Gasteiger partial charge is 0.255 e. The molecule has 1 fully saturated rings. The molecule has 4 aliphatic rings. The van der Waals surface area contributed by atoms with Gasteiger partial charge in [0.05, 0.1) is 11.6 Å². The summed E-state index contributed by atoms with van der Waals surface area (Å²) in [5, 5.41) is 46.7. The molecule has 2 aromatic rings. The Labute approximate surface area is 231 Å². The third-order valence-electron chi connectivity index (χ3n) is 9.20. The Balaban J connectivity index is 1.48. The summed E-state index contributed by atoms with van der Waals surface area (Å²) < 4.78 is 0. The molecule has 6 N–H and O–H groups in total. The molecule has 2 aromatic carbocycles. The predicted octanol–water partition coefficient (Wildman–Crippen LogP) is 1.87. The van der Waals surface area contributed by atoms with E-state index in [1.165, 1.54) is 4.90 Å². The highest BCUT2D eigenvalue weighted by Crippen LogP contribution is 2.52. The van der Waals surface area contributed by atoms with Crippen molar-refractivity contribution < 1.29 is 34.8 Å².